The van der Waals surface area contributed by atoms with Crippen LogP contribution in [0.5, 0.6) is 0 Å². The molecule has 3 rings (SSSR count). The smallest absolute Gasteiger partial charge is 0.350 e. The minimum Gasteiger partial charge on any atom is -0.462 e. The van der Waals surface area contributed by atoms with Gasteiger partial charge in [0.2, 0.25) is 0 Å². The number of anilines is 1. The summed E-state index contributed by atoms with van der Waals surface area (Å²) in [6, 6.07) is 1.49. The molecular weight excluding hydrogens is 370 g/mol. The Kier molecular flexibility index (Phi) is 6.25. The third-order valence-electron chi connectivity index (χ3n) is 4.43. The summed E-state index contributed by atoms with van der Waals surface area (Å²) < 4.78 is 5.13. The van der Waals surface area contributed by atoms with Crippen LogP contribution in [0.3, 0.4) is 0 Å². The summed E-state index contributed by atoms with van der Waals surface area (Å²) in [7, 11) is 0. The fourth-order valence-corrected chi connectivity index (χ4v) is 4.21. The number of rotatable bonds is 7. The number of esters is 1. The van der Waals surface area contributed by atoms with Gasteiger partial charge in [-0.25, -0.2) is 14.6 Å². The highest BCUT2D eigenvalue weighted by Gasteiger charge is 2.25. The van der Waals surface area contributed by atoms with E-state index in [0.29, 0.717) is 20.8 Å². The molecule has 2 aromatic rings. The van der Waals surface area contributed by atoms with Crippen molar-refractivity contribution in [2.24, 2.45) is 0 Å². The van der Waals surface area contributed by atoms with Crippen LogP contribution < -0.4 is 5.32 Å². The zero-order valence-corrected chi connectivity index (χ0v) is 16.0. The van der Waals surface area contributed by atoms with E-state index in [0.717, 1.165) is 30.5 Å². The number of nitrogens with zero attached hydrogens (tertiary/aromatic N) is 2. The van der Waals surface area contributed by atoms with Gasteiger partial charge in [-0.2, -0.15) is 0 Å². The molecule has 0 saturated heterocycles. The van der Waals surface area contributed by atoms with Crippen LogP contribution in [0.25, 0.3) is 10.2 Å². The number of urea groups is 1. The maximum absolute atomic E-state index is 12.6. The predicted octanol–water partition coefficient (Wildman–Crippen LogP) is 1.78. The first-order valence-corrected chi connectivity index (χ1v) is 9.80. The predicted molar refractivity (Wildman–Crippen MR) is 102 cm³/mol. The molecule has 0 radical (unpaired) electrons. The van der Waals surface area contributed by atoms with E-state index in [-0.39, 0.29) is 32.9 Å². The average Bonchev–Trinajstić information content (AvgIpc) is 3.24. The normalized spacial score (nSPS) is 12.9. The summed E-state index contributed by atoms with van der Waals surface area (Å²) in [5.74, 6) is -0.508. The van der Waals surface area contributed by atoms with Crippen molar-refractivity contribution >= 4 is 39.2 Å². The van der Waals surface area contributed by atoms with Gasteiger partial charge in [-0.3, -0.25) is 0 Å². The van der Waals surface area contributed by atoms with Gasteiger partial charge >= 0.3 is 12.0 Å². The van der Waals surface area contributed by atoms with Gasteiger partial charge in [-0.15, -0.1) is 11.3 Å². The van der Waals surface area contributed by atoms with E-state index in [1.807, 2.05) is 6.07 Å². The van der Waals surface area contributed by atoms with E-state index in [1.54, 1.807) is 6.92 Å². The van der Waals surface area contributed by atoms with E-state index in [9.17, 15) is 9.59 Å². The molecule has 2 aromatic heterocycles. The summed E-state index contributed by atoms with van der Waals surface area (Å²) in [5, 5.41) is 21.8. The van der Waals surface area contributed by atoms with Gasteiger partial charge < -0.3 is 25.2 Å². The molecule has 9 heteroatoms. The number of nitrogens with one attached hydrogen (secondary N) is 1. The molecule has 0 fully saturated rings. The Morgan fingerprint density at radius 1 is 1.30 bits per heavy atom. The van der Waals surface area contributed by atoms with Crippen molar-refractivity contribution in [3.63, 3.8) is 0 Å². The highest BCUT2D eigenvalue weighted by Crippen LogP contribution is 2.38. The fraction of sp³-hybridized carbons (Fsp3) is 0.500. The molecule has 0 unspecified atom stereocenters. The third kappa shape index (κ3) is 4.05. The van der Waals surface area contributed by atoms with Gasteiger partial charge in [0.25, 0.3) is 0 Å². The number of hydrogen-bond donors (Lipinski definition) is 3. The topological polar surface area (TPSA) is 112 Å². The first-order chi connectivity index (χ1) is 13.1. The number of amides is 2. The van der Waals surface area contributed by atoms with Gasteiger partial charge in [0.05, 0.1) is 25.5 Å². The van der Waals surface area contributed by atoms with Crippen LogP contribution in [0.4, 0.5) is 10.5 Å². The lowest BCUT2D eigenvalue weighted by Crippen LogP contribution is -2.39. The largest absolute Gasteiger partial charge is 0.462 e. The highest BCUT2D eigenvalue weighted by molar-refractivity contribution is 7.21. The van der Waals surface area contributed by atoms with Crippen molar-refractivity contribution in [1.82, 2.24) is 9.88 Å². The number of aryl methyl sites for hydroxylation is 2. The second-order valence-electron chi connectivity index (χ2n) is 6.19. The van der Waals surface area contributed by atoms with Crippen molar-refractivity contribution in [2.75, 3.05) is 38.2 Å². The summed E-state index contributed by atoms with van der Waals surface area (Å²) in [4.78, 5) is 32.0. The summed E-state index contributed by atoms with van der Waals surface area (Å²) >= 11 is 1.20. The molecule has 0 aromatic carbocycles. The van der Waals surface area contributed by atoms with Gasteiger partial charge in [0.1, 0.15) is 9.71 Å². The molecule has 8 nitrogen and oxygen atoms in total. The standard InChI is InChI=1S/C18H23N3O5S/c1-2-26-17(24)15-14(20-18(25)21(6-8-22)7-9-23)12-10-11-4-3-5-13(11)19-16(12)27-15/h10,22-23H,2-9H2,1H3,(H,20,25). The second kappa shape index (κ2) is 8.64. The number of aromatic nitrogens is 1. The molecule has 146 valence electrons. The number of carbonyl (C=O) groups excluding carboxylic acids is 2. The van der Waals surface area contributed by atoms with Crippen LogP contribution in [0.2, 0.25) is 0 Å². The van der Waals surface area contributed by atoms with Crippen LogP contribution in [0.1, 0.15) is 34.3 Å². The number of fused-ring (bicyclic) bond motifs is 2. The molecule has 2 amide bonds. The number of hydrogen-bond acceptors (Lipinski definition) is 7. The Hall–Kier alpha value is -2.23. The van der Waals surface area contributed by atoms with Gasteiger partial charge in [0.15, 0.2) is 0 Å². The van der Waals surface area contributed by atoms with Crippen molar-refractivity contribution in [3.05, 3.63) is 22.2 Å². The Labute approximate surface area is 160 Å². The maximum atomic E-state index is 12.6. The van der Waals surface area contributed by atoms with Crippen molar-refractivity contribution < 1.29 is 24.5 Å². The fourth-order valence-electron chi connectivity index (χ4n) is 3.19. The van der Waals surface area contributed by atoms with Crippen LogP contribution >= 0.6 is 11.3 Å². The highest BCUT2D eigenvalue weighted by atomic mass is 32.1. The molecule has 0 saturated carbocycles. The van der Waals surface area contributed by atoms with Crippen molar-refractivity contribution in [2.45, 2.75) is 26.2 Å². The molecule has 0 bridgehead atoms. The number of thiophene rings is 1. The molecule has 1 aliphatic carbocycles. The Morgan fingerprint density at radius 2 is 2.04 bits per heavy atom. The maximum Gasteiger partial charge on any atom is 0.350 e. The first-order valence-electron chi connectivity index (χ1n) is 8.99. The molecule has 2 heterocycles. The average molecular weight is 393 g/mol. The van der Waals surface area contributed by atoms with Gasteiger partial charge in [-0.1, -0.05) is 0 Å². The molecule has 0 spiro atoms. The van der Waals surface area contributed by atoms with E-state index in [4.69, 9.17) is 14.9 Å². The quantitative estimate of drug-likeness (QED) is 0.618. The number of aliphatic hydroxyl groups excluding tert-OH is 2. The van der Waals surface area contributed by atoms with Crippen LogP contribution in [-0.4, -0.2) is 65.0 Å². The zero-order valence-electron chi connectivity index (χ0n) is 15.2. The lowest BCUT2D eigenvalue weighted by molar-refractivity contribution is 0.0533. The van der Waals surface area contributed by atoms with Crippen LogP contribution in [-0.2, 0) is 17.6 Å². The summed E-state index contributed by atoms with van der Waals surface area (Å²) in [6.45, 7) is 1.66. The monoisotopic (exact) mass is 393 g/mol. The third-order valence-corrected chi connectivity index (χ3v) is 5.51. The minimum atomic E-state index is -0.508. The second-order valence-corrected chi connectivity index (χ2v) is 7.19. The van der Waals surface area contributed by atoms with E-state index >= 15 is 0 Å². The Balaban J connectivity index is 2.01. The Morgan fingerprint density at radius 3 is 2.70 bits per heavy atom. The first kappa shape index (κ1) is 19.5. The molecule has 27 heavy (non-hydrogen) atoms. The van der Waals surface area contributed by atoms with Gasteiger partial charge in [0, 0.05) is 24.2 Å². The van der Waals surface area contributed by atoms with Crippen LogP contribution in [0.15, 0.2) is 6.07 Å². The molecule has 1 aliphatic rings. The van der Waals surface area contributed by atoms with Gasteiger partial charge in [-0.05, 0) is 37.8 Å². The van der Waals surface area contributed by atoms with E-state index in [2.05, 4.69) is 10.3 Å². The summed E-state index contributed by atoms with van der Waals surface area (Å²) in [6.07, 6.45) is 2.89. The van der Waals surface area contributed by atoms with Crippen LogP contribution in [0, 0.1) is 0 Å². The number of carbonyl (C=O) groups is 2. The van der Waals surface area contributed by atoms with E-state index < -0.39 is 12.0 Å². The zero-order chi connectivity index (χ0) is 19.4. The number of ether oxygens (including phenoxy) is 1. The molecular formula is C18H23N3O5S. The molecule has 0 atom stereocenters. The lowest BCUT2D eigenvalue weighted by Gasteiger charge is -2.21. The van der Waals surface area contributed by atoms with E-state index in [1.165, 1.54) is 16.2 Å². The van der Waals surface area contributed by atoms with Crippen molar-refractivity contribution in [3.8, 4) is 0 Å². The number of aliphatic hydroxyl groups is 2. The minimum absolute atomic E-state index is 0.0802. The Bertz CT molecular complexity index is 845. The van der Waals surface area contributed by atoms with Crippen molar-refractivity contribution in [1.29, 1.82) is 0 Å². The lowest BCUT2D eigenvalue weighted by atomic mass is 10.1. The SMILES string of the molecule is CCOC(=O)c1sc2nc3c(cc2c1NC(=O)N(CCO)CCO)CCC3. The number of pyridine rings is 1. The molecule has 0 aliphatic heterocycles. The molecule has 3 N–H and O–H groups in total. The summed E-state index contributed by atoms with van der Waals surface area (Å²) in [5.41, 5.74) is 2.55.